The fourth-order valence-electron chi connectivity index (χ4n) is 0.831. The first-order valence-corrected chi connectivity index (χ1v) is 4.36. The fraction of sp³-hybridized carbons (Fsp3) is 0.500. The van der Waals surface area contributed by atoms with E-state index in [1.165, 1.54) is 6.92 Å². The largest absolute Gasteiger partial charge is 0.417 e. The van der Waals surface area contributed by atoms with Crippen LogP contribution in [0.4, 0.5) is 13.2 Å². The average Bonchev–Trinajstić information content (AvgIpc) is 2.03. The molecule has 0 fully saturated rings. The van der Waals surface area contributed by atoms with Gasteiger partial charge in [0.05, 0.1) is 5.57 Å². The van der Waals surface area contributed by atoms with Crippen molar-refractivity contribution in [3.8, 4) is 0 Å². The highest BCUT2D eigenvalue weighted by atomic mass is 19.4. The van der Waals surface area contributed by atoms with Crippen molar-refractivity contribution >= 4 is 6.21 Å². The molecule has 0 atom stereocenters. The van der Waals surface area contributed by atoms with Gasteiger partial charge in [-0.1, -0.05) is 19.1 Å². The number of rotatable bonds is 3. The summed E-state index contributed by atoms with van der Waals surface area (Å²) in [4.78, 5) is 3.70. The molecule has 14 heavy (non-hydrogen) atoms. The Labute approximate surface area is 82.0 Å². The van der Waals surface area contributed by atoms with Crippen molar-refractivity contribution in [3.63, 3.8) is 0 Å². The first-order valence-electron chi connectivity index (χ1n) is 4.36. The Morgan fingerprint density at radius 3 is 2.29 bits per heavy atom. The molecule has 0 saturated heterocycles. The summed E-state index contributed by atoms with van der Waals surface area (Å²) in [6, 6.07) is 0. The second-order valence-electron chi connectivity index (χ2n) is 2.75. The van der Waals surface area contributed by atoms with Crippen LogP contribution in [-0.2, 0) is 0 Å². The molecule has 0 aliphatic heterocycles. The van der Waals surface area contributed by atoms with Crippen molar-refractivity contribution in [2.24, 2.45) is 4.99 Å². The van der Waals surface area contributed by atoms with E-state index in [0.717, 1.165) is 18.7 Å². The van der Waals surface area contributed by atoms with E-state index >= 15 is 0 Å². The number of hydrogen-bond donors (Lipinski definition) is 0. The second kappa shape index (κ2) is 5.62. The molecule has 0 N–H and O–H groups in total. The zero-order valence-corrected chi connectivity index (χ0v) is 8.52. The van der Waals surface area contributed by atoms with Crippen LogP contribution >= 0.6 is 0 Å². The molecule has 0 aliphatic rings. The Morgan fingerprint density at radius 1 is 1.36 bits per heavy atom. The lowest BCUT2D eigenvalue weighted by Gasteiger charge is -2.05. The summed E-state index contributed by atoms with van der Waals surface area (Å²) in [5, 5.41) is 0. The summed E-state index contributed by atoms with van der Waals surface area (Å²) in [6.07, 6.45) is 0.0650. The van der Waals surface area contributed by atoms with Gasteiger partial charge in [0.2, 0.25) is 0 Å². The molecule has 0 bridgehead atoms. The van der Waals surface area contributed by atoms with Gasteiger partial charge in [-0.05, 0) is 20.3 Å². The van der Waals surface area contributed by atoms with E-state index in [4.69, 9.17) is 0 Å². The Hall–Kier alpha value is -1.06. The van der Waals surface area contributed by atoms with E-state index in [-0.39, 0.29) is 0 Å². The summed E-state index contributed by atoms with van der Waals surface area (Å²) in [7, 11) is 0. The monoisotopic (exact) mass is 205 g/mol. The van der Waals surface area contributed by atoms with Crippen LogP contribution in [0.2, 0.25) is 0 Å². The highest BCUT2D eigenvalue weighted by Gasteiger charge is 2.31. The molecule has 0 unspecified atom stereocenters. The lowest BCUT2D eigenvalue weighted by molar-refractivity contribution is -0.0857. The third-order valence-corrected chi connectivity index (χ3v) is 1.55. The number of aliphatic imine (C=N–C) groups is 1. The van der Waals surface area contributed by atoms with Crippen molar-refractivity contribution < 1.29 is 13.2 Å². The first-order chi connectivity index (χ1) is 6.41. The van der Waals surface area contributed by atoms with E-state index in [2.05, 4.69) is 4.99 Å². The molecule has 1 nitrogen and oxygen atoms in total. The number of halogens is 3. The molecule has 0 aromatic rings. The molecule has 0 spiro atoms. The van der Waals surface area contributed by atoms with E-state index < -0.39 is 11.7 Å². The molecular weight excluding hydrogens is 191 g/mol. The summed E-state index contributed by atoms with van der Waals surface area (Å²) in [6.45, 7) is 4.91. The molecule has 0 amide bonds. The quantitative estimate of drug-likeness (QED) is 0.620. The summed E-state index contributed by atoms with van der Waals surface area (Å²) in [5.74, 6) is 0. The molecule has 0 rings (SSSR count). The summed E-state index contributed by atoms with van der Waals surface area (Å²) >= 11 is 0. The maximum absolute atomic E-state index is 12.2. The number of allylic oxidation sites excluding steroid dienone is 4. The van der Waals surface area contributed by atoms with Crippen LogP contribution < -0.4 is 0 Å². The molecule has 0 heterocycles. The van der Waals surface area contributed by atoms with Gasteiger partial charge < -0.3 is 0 Å². The van der Waals surface area contributed by atoms with E-state index in [1.54, 1.807) is 13.0 Å². The molecule has 0 aromatic carbocycles. The van der Waals surface area contributed by atoms with Crippen LogP contribution in [0.25, 0.3) is 0 Å². The smallest absolute Gasteiger partial charge is 0.261 e. The van der Waals surface area contributed by atoms with E-state index in [1.807, 2.05) is 6.92 Å². The third-order valence-electron chi connectivity index (χ3n) is 1.55. The van der Waals surface area contributed by atoms with Crippen LogP contribution in [0.5, 0.6) is 0 Å². The van der Waals surface area contributed by atoms with Crippen molar-refractivity contribution in [1.82, 2.24) is 0 Å². The maximum Gasteiger partial charge on any atom is 0.417 e. The molecule has 0 aliphatic carbocycles. The van der Waals surface area contributed by atoms with Gasteiger partial charge in [-0.2, -0.15) is 13.2 Å². The Balaban J connectivity index is 4.58. The van der Waals surface area contributed by atoms with Gasteiger partial charge in [0, 0.05) is 11.9 Å². The molecular formula is C10H14F3N. The van der Waals surface area contributed by atoms with Crippen LogP contribution in [0.1, 0.15) is 27.2 Å². The SMILES string of the molecule is C\C=C(/C=N/C(C)=C/CC)C(F)(F)F. The summed E-state index contributed by atoms with van der Waals surface area (Å²) < 4.78 is 36.5. The van der Waals surface area contributed by atoms with Crippen LogP contribution in [0.15, 0.2) is 28.4 Å². The van der Waals surface area contributed by atoms with Crippen LogP contribution in [0, 0.1) is 0 Å². The number of nitrogens with zero attached hydrogens (tertiary/aromatic N) is 1. The van der Waals surface area contributed by atoms with Gasteiger partial charge >= 0.3 is 6.18 Å². The van der Waals surface area contributed by atoms with Crippen molar-refractivity contribution in [2.75, 3.05) is 0 Å². The van der Waals surface area contributed by atoms with Crippen molar-refractivity contribution in [3.05, 3.63) is 23.4 Å². The van der Waals surface area contributed by atoms with Gasteiger partial charge in [0.1, 0.15) is 0 Å². The average molecular weight is 205 g/mol. The van der Waals surface area contributed by atoms with Gasteiger partial charge in [0.25, 0.3) is 0 Å². The van der Waals surface area contributed by atoms with Gasteiger partial charge in [-0.15, -0.1) is 0 Å². The first kappa shape index (κ1) is 12.9. The van der Waals surface area contributed by atoms with Gasteiger partial charge in [-0.25, -0.2) is 0 Å². The highest BCUT2D eigenvalue weighted by molar-refractivity contribution is 5.80. The molecule has 0 radical (unpaired) electrons. The zero-order chi connectivity index (χ0) is 11.2. The molecule has 4 heteroatoms. The predicted molar refractivity (Wildman–Crippen MR) is 52.4 cm³/mol. The zero-order valence-electron chi connectivity index (χ0n) is 8.52. The van der Waals surface area contributed by atoms with Crippen LogP contribution in [-0.4, -0.2) is 12.4 Å². The minimum Gasteiger partial charge on any atom is -0.261 e. The normalized spacial score (nSPS) is 15.3. The minimum atomic E-state index is -4.31. The van der Waals surface area contributed by atoms with Crippen molar-refractivity contribution in [2.45, 2.75) is 33.4 Å². The molecule has 0 aromatic heterocycles. The highest BCUT2D eigenvalue weighted by Crippen LogP contribution is 2.24. The Bertz CT molecular complexity index is 259. The Kier molecular flexibility index (Phi) is 5.20. The standard InChI is InChI=1S/C10H14F3N/c1-4-6-8(3)14-7-9(5-2)10(11,12)13/h5-7H,4H2,1-3H3/b8-6+,9-5+,14-7+. The topological polar surface area (TPSA) is 12.4 Å². The molecule has 0 saturated carbocycles. The van der Waals surface area contributed by atoms with Gasteiger partial charge in [-0.3, -0.25) is 4.99 Å². The predicted octanol–water partition coefficient (Wildman–Crippen LogP) is 3.88. The third kappa shape index (κ3) is 4.84. The van der Waals surface area contributed by atoms with Gasteiger partial charge in [0.15, 0.2) is 0 Å². The maximum atomic E-state index is 12.2. The lowest BCUT2D eigenvalue weighted by Crippen LogP contribution is -2.12. The molecule has 80 valence electrons. The number of alkyl halides is 3. The minimum absolute atomic E-state index is 0.594. The lowest BCUT2D eigenvalue weighted by atomic mass is 10.2. The van der Waals surface area contributed by atoms with E-state index in [9.17, 15) is 13.2 Å². The fourth-order valence-corrected chi connectivity index (χ4v) is 0.831. The second-order valence-corrected chi connectivity index (χ2v) is 2.75. The Morgan fingerprint density at radius 2 is 1.93 bits per heavy atom. The van der Waals surface area contributed by atoms with Crippen LogP contribution in [0.3, 0.4) is 0 Å². The number of hydrogen-bond acceptors (Lipinski definition) is 1. The van der Waals surface area contributed by atoms with E-state index in [0.29, 0.717) is 5.70 Å². The summed E-state index contributed by atoms with van der Waals surface area (Å²) in [5.41, 5.74) is -0.127. The van der Waals surface area contributed by atoms with Crippen molar-refractivity contribution in [1.29, 1.82) is 0 Å².